The highest BCUT2D eigenvalue weighted by Crippen LogP contribution is 2.23. The molecule has 0 unspecified atom stereocenters. The highest BCUT2D eigenvalue weighted by atomic mass is 16.5. The van der Waals surface area contributed by atoms with Crippen LogP contribution >= 0.6 is 0 Å². The summed E-state index contributed by atoms with van der Waals surface area (Å²) in [6, 6.07) is 0. The van der Waals surface area contributed by atoms with Gasteiger partial charge in [-0.1, -0.05) is 26.7 Å². The zero-order chi connectivity index (χ0) is 11.0. The van der Waals surface area contributed by atoms with Crippen LogP contribution in [0.25, 0.3) is 0 Å². The van der Waals surface area contributed by atoms with E-state index in [-0.39, 0.29) is 6.10 Å². The van der Waals surface area contributed by atoms with Crippen LogP contribution in [0.4, 0.5) is 0 Å². The number of rotatable bonds is 4. The molecule has 1 N–H and O–H groups in total. The summed E-state index contributed by atoms with van der Waals surface area (Å²) in [5, 5.41) is 8.12. The number of carbonyl (C=O) groups excluding carboxylic acids is 1. The van der Waals surface area contributed by atoms with Crippen LogP contribution in [0.3, 0.4) is 0 Å². The van der Waals surface area contributed by atoms with Crippen molar-refractivity contribution in [2.24, 2.45) is 0 Å². The SMILES string of the molecule is CCCC.O=C(O)CC(=O)OC1CC1. The minimum absolute atomic E-state index is 0.00634. The van der Waals surface area contributed by atoms with Gasteiger partial charge in [-0.05, 0) is 12.8 Å². The number of hydrogen-bond acceptors (Lipinski definition) is 3. The summed E-state index contributed by atoms with van der Waals surface area (Å²) in [6.45, 7) is 4.36. The maximum atomic E-state index is 10.5. The second kappa shape index (κ2) is 7.35. The maximum Gasteiger partial charge on any atom is 0.317 e. The highest BCUT2D eigenvalue weighted by molar-refractivity contribution is 5.90. The van der Waals surface area contributed by atoms with Crippen molar-refractivity contribution in [3.05, 3.63) is 0 Å². The van der Waals surface area contributed by atoms with E-state index >= 15 is 0 Å². The summed E-state index contributed by atoms with van der Waals surface area (Å²) in [4.78, 5) is 20.4. The molecule has 1 aliphatic rings. The summed E-state index contributed by atoms with van der Waals surface area (Å²) in [6.07, 6.45) is 3.89. The Labute approximate surface area is 84.3 Å². The number of esters is 1. The molecule has 0 spiro atoms. The molecule has 14 heavy (non-hydrogen) atoms. The topological polar surface area (TPSA) is 63.6 Å². The van der Waals surface area contributed by atoms with Gasteiger partial charge in [-0.25, -0.2) is 0 Å². The molecule has 1 saturated carbocycles. The Hall–Kier alpha value is -1.06. The third-order valence-corrected chi connectivity index (χ3v) is 1.62. The molecule has 0 heterocycles. The van der Waals surface area contributed by atoms with Crippen LogP contribution in [-0.2, 0) is 14.3 Å². The molecule has 0 aromatic rings. The second-order valence-corrected chi connectivity index (χ2v) is 3.26. The lowest BCUT2D eigenvalue weighted by Crippen LogP contribution is -2.11. The monoisotopic (exact) mass is 202 g/mol. The second-order valence-electron chi connectivity index (χ2n) is 3.26. The first kappa shape index (κ1) is 12.9. The number of hydrogen-bond donors (Lipinski definition) is 1. The van der Waals surface area contributed by atoms with Crippen LogP contribution in [0.1, 0.15) is 46.0 Å². The molecular formula is C10H18O4. The fourth-order valence-corrected chi connectivity index (χ4v) is 0.537. The van der Waals surface area contributed by atoms with Crippen molar-refractivity contribution in [2.45, 2.75) is 52.1 Å². The first-order valence-corrected chi connectivity index (χ1v) is 5.01. The van der Waals surface area contributed by atoms with E-state index in [1.54, 1.807) is 0 Å². The summed E-state index contributed by atoms with van der Waals surface area (Å²) in [5.41, 5.74) is 0. The van der Waals surface area contributed by atoms with E-state index in [2.05, 4.69) is 18.6 Å². The number of carboxylic acid groups (broad SMARTS) is 1. The van der Waals surface area contributed by atoms with Gasteiger partial charge in [0.05, 0.1) is 0 Å². The van der Waals surface area contributed by atoms with E-state index in [4.69, 9.17) is 5.11 Å². The first-order valence-electron chi connectivity index (χ1n) is 5.01. The normalized spacial score (nSPS) is 13.9. The molecule has 82 valence electrons. The Morgan fingerprint density at radius 3 is 2.07 bits per heavy atom. The molecule has 1 aliphatic carbocycles. The van der Waals surface area contributed by atoms with E-state index in [9.17, 15) is 9.59 Å². The highest BCUT2D eigenvalue weighted by Gasteiger charge is 2.26. The van der Waals surface area contributed by atoms with Gasteiger partial charge in [-0.2, -0.15) is 0 Å². The number of aliphatic carboxylic acids is 1. The van der Waals surface area contributed by atoms with Crippen LogP contribution in [0, 0.1) is 0 Å². The molecule has 1 fully saturated rings. The Morgan fingerprint density at radius 2 is 1.79 bits per heavy atom. The minimum atomic E-state index is -1.13. The number of carbonyl (C=O) groups is 2. The Balaban J connectivity index is 0.000000364. The Bertz CT molecular complexity index is 183. The van der Waals surface area contributed by atoms with Crippen molar-refractivity contribution in [1.29, 1.82) is 0 Å². The van der Waals surface area contributed by atoms with Crippen LogP contribution in [-0.4, -0.2) is 23.1 Å². The smallest absolute Gasteiger partial charge is 0.317 e. The minimum Gasteiger partial charge on any atom is -0.481 e. The molecule has 0 bridgehead atoms. The zero-order valence-corrected chi connectivity index (χ0v) is 8.78. The van der Waals surface area contributed by atoms with Crippen molar-refractivity contribution in [1.82, 2.24) is 0 Å². The molecule has 1 rings (SSSR count). The summed E-state index contributed by atoms with van der Waals surface area (Å²) in [7, 11) is 0. The van der Waals surface area contributed by atoms with Gasteiger partial charge in [0.2, 0.25) is 0 Å². The van der Waals surface area contributed by atoms with Gasteiger partial charge in [0.1, 0.15) is 12.5 Å². The van der Waals surface area contributed by atoms with Crippen molar-refractivity contribution < 1.29 is 19.4 Å². The van der Waals surface area contributed by atoms with Gasteiger partial charge in [0, 0.05) is 0 Å². The average molecular weight is 202 g/mol. The molecular weight excluding hydrogens is 184 g/mol. The molecule has 0 aliphatic heterocycles. The van der Waals surface area contributed by atoms with Gasteiger partial charge < -0.3 is 9.84 Å². The third kappa shape index (κ3) is 9.03. The summed E-state index contributed by atoms with van der Waals surface area (Å²) >= 11 is 0. The zero-order valence-electron chi connectivity index (χ0n) is 8.78. The van der Waals surface area contributed by atoms with Gasteiger partial charge in [-0.15, -0.1) is 0 Å². The number of carboxylic acids is 1. The first-order chi connectivity index (χ1) is 6.60. The van der Waals surface area contributed by atoms with E-state index in [1.165, 1.54) is 12.8 Å². The molecule has 4 heteroatoms. The van der Waals surface area contributed by atoms with E-state index < -0.39 is 18.4 Å². The number of unbranched alkanes of at least 4 members (excludes halogenated alkanes) is 1. The van der Waals surface area contributed by atoms with Crippen LogP contribution < -0.4 is 0 Å². The third-order valence-electron chi connectivity index (χ3n) is 1.62. The van der Waals surface area contributed by atoms with Crippen molar-refractivity contribution in [3.63, 3.8) is 0 Å². The van der Waals surface area contributed by atoms with E-state index in [1.807, 2.05) is 0 Å². The lowest BCUT2D eigenvalue weighted by atomic mass is 10.4. The lowest BCUT2D eigenvalue weighted by molar-refractivity contribution is -0.152. The van der Waals surface area contributed by atoms with Crippen molar-refractivity contribution in [3.8, 4) is 0 Å². The van der Waals surface area contributed by atoms with Crippen LogP contribution in [0.15, 0.2) is 0 Å². The van der Waals surface area contributed by atoms with Gasteiger partial charge in [-0.3, -0.25) is 9.59 Å². The van der Waals surface area contributed by atoms with Gasteiger partial charge >= 0.3 is 11.9 Å². The average Bonchev–Trinajstić information content (AvgIpc) is 2.87. The van der Waals surface area contributed by atoms with Crippen LogP contribution in [0.2, 0.25) is 0 Å². The molecule has 0 saturated heterocycles. The Kier molecular flexibility index (Phi) is 6.80. The quantitative estimate of drug-likeness (QED) is 0.559. The molecule has 0 amide bonds. The van der Waals surface area contributed by atoms with Gasteiger partial charge in [0.25, 0.3) is 0 Å². The molecule has 0 aromatic heterocycles. The molecule has 0 atom stereocenters. The van der Waals surface area contributed by atoms with Gasteiger partial charge in [0.15, 0.2) is 0 Å². The molecule has 0 aromatic carbocycles. The summed E-state index contributed by atoms with van der Waals surface area (Å²) in [5.74, 6) is -1.76. The predicted octanol–water partition coefficient (Wildman–Crippen LogP) is 1.97. The van der Waals surface area contributed by atoms with E-state index in [0.717, 1.165) is 12.8 Å². The van der Waals surface area contributed by atoms with E-state index in [0.29, 0.717) is 0 Å². The van der Waals surface area contributed by atoms with Crippen molar-refractivity contribution in [2.75, 3.05) is 0 Å². The standard InChI is InChI=1S/C6H8O4.C4H10/c7-5(8)3-6(9)10-4-1-2-4;1-3-4-2/h4H,1-3H2,(H,7,8);3-4H2,1-2H3. The maximum absolute atomic E-state index is 10.5. The van der Waals surface area contributed by atoms with Crippen molar-refractivity contribution >= 4 is 11.9 Å². The number of ether oxygens (including phenoxy) is 1. The molecule has 0 radical (unpaired) electrons. The predicted molar refractivity (Wildman–Crippen MR) is 51.9 cm³/mol. The summed E-state index contributed by atoms with van der Waals surface area (Å²) < 4.78 is 4.65. The fraction of sp³-hybridized carbons (Fsp3) is 0.800. The molecule has 4 nitrogen and oxygen atoms in total. The largest absolute Gasteiger partial charge is 0.481 e. The Morgan fingerprint density at radius 1 is 1.29 bits per heavy atom. The fourth-order valence-electron chi connectivity index (χ4n) is 0.537. The van der Waals surface area contributed by atoms with Crippen LogP contribution in [0.5, 0.6) is 0 Å². The lowest BCUT2D eigenvalue weighted by Gasteiger charge is -1.97.